The highest BCUT2D eigenvalue weighted by Crippen LogP contribution is 2.34. The number of rotatable bonds is 6. The van der Waals surface area contributed by atoms with Crippen molar-refractivity contribution >= 4 is 51.7 Å². The Morgan fingerprint density at radius 1 is 1.03 bits per heavy atom. The Kier molecular flexibility index (Phi) is 6.37. The SMILES string of the molecule is CCOc1ccc2ccc(OCC)c(C=C3C(=O)NC(=S)N(c4ccccc4F)C3=O)c2c1. The summed E-state index contributed by atoms with van der Waals surface area (Å²) in [5.74, 6) is -0.887. The molecule has 0 bridgehead atoms. The highest BCUT2D eigenvalue weighted by molar-refractivity contribution is 7.80. The first-order chi connectivity index (χ1) is 15.9. The maximum atomic E-state index is 14.4. The second kappa shape index (κ2) is 9.38. The van der Waals surface area contributed by atoms with E-state index in [9.17, 15) is 14.0 Å². The Balaban J connectivity index is 1.89. The molecule has 1 fully saturated rings. The molecule has 6 nitrogen and oxygen atoms in total. The van der Waals surface area contributed by atoms with Gasteiger partial charge in [0, 0.05) is 5.56 Å². The van der Waals surface area contributed by atoms with Crippen LogP contribution in [-0.2, 0) is 9.59 Å². The second-order valence-corrected chi connectivity index (χ2v) is 7.52. The van der Waals surface area contributed by atoms with Gasteiger partial charge in [0.15, 0.2) is 5.11 Å². The van der Waals surface area contributed by atoms with E-state index in [1.807, 2.05) is 38.1 Å². The van der Waals surface area contributed by atoms with Crippen molar-refractivity contribution in [3.05, 3.63) is 71.6 Å². The van der Waals surface area contributed by atoms with Crippen LogP contribution in [0.15, 0.2) is 60.2 Å². The Bertz CT molecular complexity index is 1300. The lowest BCUT2D eigenvalue weighted by atomic mass is 9.99. The van der Waals surface area contributed by atoms with E-state index < -0.39 is 17.6 Å². The average Bonchev–Trinajstić information content (AvgIpc) is 2.79. The normalized spacial score (nSPS) is 15.2. The standard InChI is InChI=1S/C25H21FN2O4S/c1-3-31-16-11-9-15-10-12-22(32-4-2)18(17(15)13-16)14-19-23(29)27-25(33)28(24(19)30)21-8-6-5-7-20(21)26/h5-14H,3-4H2,1-2H3,(H,27,29,33). The van der Waals surface area contributed by atoms with Crippen LogP contribution in [0.5, 0.6) is 11.5 Å². The van der Waals surface area contributed by atoms with Crippen LogP contribution in [0, 0.1) is 5.82 Å². The average molecular weight is 465 g/mol. The lowest BCUT2D eigenvalue weighted by Gasteiger charge is -2.29. The molecular weight excluding hydrogens is 443 g/mol. The van der Waals surface area contributed by atoms with Crippen LogP contribution in [-0.4, -0.2) is 30.1 Å². The van der Waals surface area contributed by atoms with Gasteiger partial charge in [0.05, 0.1) is 18.9 Å². The van der Waals surface area contributed by atoms with Crippen LogP contribution < -0.4 is 19.7 Å². The van der Waals surface area contributed by atoms with Crippen molar-refractivity contribution in [2.45, 2.75) is 13.8 Å². The summed E-state index contributed by atoms with van der Waals surface area (Å²) in [6.07, 6.45) is 1.45. The maximum absolute atomic E-state index is 14.4. The summed E-state index contributed by atoms with van der Waals surface area (Å²) < 4.78 is 25.9. The lowest BCUT2D eigenvalue weighted by Crippen LogP contribution is -2.54. The highest BCUT2D eigenvalue weighted by atomic mass is 32.1. The molecule has 1 saturated heterocycles. The highest BCUT2D eigenvalue weighted by Gasteiger charge is 2.36. The summed E-state index contributed by atoms with van der Waals surface area (Å²) in [6.45, 7) is 4.60. The third-order valence-corrected chi connectivity index (χ3v) is 5.37. The van der Waals surface area contributed by atoms with E-state index in [1.165, 1.54) is 24.3 Å². The quantitative estimate of drug-likeness (QED) is 0.328. The minimum Gasteiger partial charge on any atom is -0.494 e. The Hall–Kier alpha value is -3.78. The van der Waals surface area contributed by atoms with Gasteiger partial charge < -0.3 is 9.47 Å². The molecule has 33 heavy (non-hydrogen) atoms. The van der Waals surface area contributed by atoms with Crippen LogP contribution in [0.1, 0.15) is 19.4 Å². The molecule has 1 aliphatic rings. The number of carbonyl (C=O) groups is 2. The fourth-order valence-corrected chi connectivity index (χ4v) is 3.92. The van der Waals surface area contributed by atoms with E-state index in [1.54, 1.807) is 12.1 Å². The zero-order valence-electron chi connectivity index (χ0n) is 18.1. The number of anilines is 1. The van der Waals surface area contributed by atoms with Crippen LogP contribution >= 0.6 is 12.2 Å². The van der Waals surface area contributed by atoms with Crippen molar-refractivity contribution in [3.63, 3.8) is 0 Å². The van der Waals surface area contributed by atoms with Gasteiger partial charge in [-0.05, 0) is 73.2 Å². The molecule has 0 unspecified atom stereocenters. The van der Waals surface area contributed by atoms with Crippen molar-refractivity contribution in [1.82, 2.24) is 5.32 Å². The maximum Gasteiger partial charge on any atom is 0.270 e. The van der Waals surface area contributed by atoms with Gasteiger partial charge in [-0.1, -0.05) is 24.3 Å². The number of halogens is 1. The Morgan fingerprint density at radius 2 is 1.76 bits per heavy atom. The Labute approximate surface area is 195 Å². The fourth-order valence-electron chi connectivity index (χ4n) is 3.64. The number of nitrogens with zero attached hydrogens (tertiary/aromatic N) is 1. The largest absolute Gasteiger partial charge is 0.494 e. The van der Waals surface area contributed by atoms with E-state index >= 15 is 0 Å². The predicted octanol–water partition coefficient (Wildman–Crippen LogP) is 4.61. The summed E-state index contributed by atoms with van der Waals surface area (Å²) in [5, 5.41) is 3.91. The molecule has 8 heteroatoms. The van der Waals surface area contributed by atoms with Gasteiger partial charge in [-0.25, -0.2) is 9.29 Å². The molecule has 2 amide bonds. The number of carbonyl (C=O) groups excluding carboxylic acids is 2. The molecule has 0 saturated carbocycles. The molecule has 1 N–H and O–H groups in total. The molecule has 0 radical (unpaired) electrons. The summed E-state index contributed by atoms with van der Waals surface area (Å²) in [7, 11) is 0. The molecule has 4 rings (SSSR count). The molecule has 1 aliphatic heterocycles. The number of thiocarbonyl (C=S) groups is 1. The second-order valence-electron chi connectivity index (χ2n) is 7.14. The number of para-hydroxylation sites is 1. The molecule has 0 atom stereocenters. The van der Waals surface area contributed by atoms with Crippen molar-refractivity contribution in [1.29, 1.82) is 0 Å². The van der Waals surface area contributed by atoms with E-state index in [-0.39, 0.29) is 16.4 Å². The third kappa shape index (κ3) is 4.29. The van der Waals surface area contributed by atoms with Gasteiger partial charge in [-0.15, -0.1) is 0 Å². The lowest BCUT2D eigenvalue weighted by molar-refractivity contribution is -0.122. The molecule has 3 aromatic carbocycles. The number of fused-ring (bicyclic) bond motifs is 1. The zero-order chi connectivity index (χ0) is 23.5. The van der Waals surface area contributed by atoms with E-state index in [0.717, 1.165) is 15.7 Å². The number of hydrogen-bond acceptors (Lipinski definition) is 5. The smallest absolute Gasteiger partial charge is 0.270 e. The van der Waals surface area contributed by atoms with Gasteiger partial charge in [-0.2, -0.15) is 0 Å². The first kappa shape index (κ1) is 22.4. The number of nitrogens with one attached hydrogen (secondary N) is 1. The molecule has 0 aromatic heterocycles. The van der Waals surface area contributed by atoms with E-state index in [4.69, 9.17) is 21.7 Å². The summed E-state index contributed by atoms with van der Waals surface area (Å²) in [5.41, 5.74) is 0.304. The fraction of sp³-hybridized carbons (Fsp3) is 0.160. The number of benzene rings is 3. The minimum absolute atomic E-state index is 0.0417. The molecule has 168 valence electrons. The van der Waals surface area contributed by atoms with Gasteiger partial charge in [0.1, 0.15) is 22.9 Å². The van der Waals surface area contributed by atoms with Crippen LogP contribution in [0.3, 0.4) is 0 Å². The van der Waals surface area contributed by atoms with Gasteiger partial charge in [0.2, 0.25) is 0 Å². The van der Waals surface area contributed by atoms with Gasteiger partial charge in [0.25, 0.3) is 11.8 Å². The third-order valence-electron chi connectivity index (χ3n) is 5.09. The minimum atomic E-state index is -0.728. The van der Waals surface area contributed by atoms with Crippen LogP contribution in [0.2, 0.25) is 0 Å². The Morgan fingerprint density at radius 3 is 2.48 bits per heavy atom. The number of ether oxygens (including phenoxy) is 2. The zero-order valence-corrected chi connectivity index (χ0v) is 18.9. The van der Waals surface area contributed by atoms with Crippen molar-refractivity contribution in [3.8, 4) is 11.5 Å². The predicted molar refractivity (Wildman–Crippen MR) is 129 cm³/mol. The van der Waals surface area contributed by atoms with Crippen molar-refractivity contribution in [2.24, 2.45) is 0 Å². The first-order valence-electron chi connectivity index (χ1n) is 10.4. The van der Waals surface area contributed by atoms with Crippen LogP contribution in [0.4, 0.5) is 10.1 Å². The first-order valence-corrected chi connectivity index (χ1v) is 10.8. The van der Waals surface area contributed by atoms with Crippen LogP contribution in [0.25, 0.3) is 16.8 Å². The number of hydrogen-bond donors (Lipinski definition) is 1. The monoisotopic (exact) mass is 464 g/mol. The molecular formula is C25H21FN2O4S. The molecule has 0 spiro atoms. The number of amides is 2. The van der Waals surface area contributed by atoms with Gasteiger partial charge >= 0.3 is 0 Å². The topological polar surface area (TPSA) is 67.9 Å². The molecule has 0 aliphatic carbocycles. The molecule has 3 aromatic rings. The van der Waals surface area contributed by atoms with E-state index in [2.05, 4.69) is 5.32 Å². The van der Waals surface area contributed by atoms with Gasteiger partial charge in [-0.3, -0.25) is 14.9 Å². The summed E-state index contributed by atoms with van der Waals surface area (Å²) in [6, 6.07) is 15.0. The van der Waals surface area contributed by atoms with Crippen molar-refractivity contribution in [2.75, 3.05) is 18.1 Å². The summed E-state index contributed by atoms with van der Waals surface area (Å²) >= 11 is 5.17. The summed E-state index contributed by atoms with van der Waals surface area (Å²) in [4.78, 5) is 27.1. The van der Waals surface area contributed by atoms with E-state index in [0.29, 0.717) is 30.3 Å². The van der Waals surface area contributed by atoms with Crippen molar-refractivity contribution < 1.29 is 23.5 Å². The molecule has 1 heterocycles.